The average Bonchev–Trinajstić information content (AvgIpc) is 3.21. The first-order valence-corrected chi connectivity index (χ1v) is 12.7. The highest BCUT2D eigenvalue weighted by Crippen LogP contribution is 2.64. The zero-order valence-corrected chi connectivity index (χ0v) is 21.3. The summed E-state index contributed by atoms with van der Waals surface area (Å²) in [4.78, 5) is 49.5. The molecule has 0 radical (unpaired) electrons. The molecule has 1 saturated heterocycles. The van der Waals surface area contributed by atoms with Gasteiger partial charge in [-0.15, -0.1) is 0 Å². The van der Waals surface area contributed by atoms with Crippen molar-refractivity contribution in [1.29, 1.82) is 0 Å². The van der Waals surface area contributed by atoms with Crippen LogP contribution in [0.1, 0.15) is 55.7 Å². The van der Waals surface area contributed by atoms with Crippen LogP contribution in [0.15, 0.2) is 24.0 Å². The van der Waals surface area contributed by atoms with Crippen molar-refractivity contribution in [2.45, 2.75) is 81.3 Å². The SMILES string of the molecule is CC(=O)CC(OC(=O)CCC(=O)OC1=CC[C@@]2(O)[C@H]3Cc4ccc(CO)c5c4[C@@]2(CCN3C)[C@H]1O5)C(=O)O. The maximum atomic E-state index is 12.8. The second-order valence-electron chi connectivity index (χ2n) is 10.6. The minimum absolute atomic E-state index is 0.166. The van der Waals surface area contributed by atoms with Crippen LogP contribution in [0.5, 0.6) is 5.75 Å². The van der Waals surface area contributed by atoms with Gasteiger partial charge in [-0.25, -0.2) is 4.79 Å². The molecule has 2 aliphatic carbocycles. The van der Waals surface area contributed by atoms with Crippen molar-refractivity contribution in [3.05, 3.63) is 40.7 Å². The fourth-order valence-electron chi connectivity index (χ4n) is 6.68. The molecule has 0 amide bonds. The number of hydrogen-bond donors (Lipinski definition) is 3. The monoisotopic (exact) mass is 529 g/mol. The van der Waals surface area contributed by atoms with Crippen LogP contribution in [0.2, 0.25) is 0 Å². The molecule has 1 unspecified atom stereocenters. The largest absolute Gasteiger partial charge is 0.481 e. The number of carboxylic acids is 1. The average molecular weight is 530 g/mol. The minimum Gasteiger partial charge on any atom is -0.481 e. The first kappa shape index (κ1) is 26.3. The summed E-state index contributed by atoms with van der Waals surface area (Å²) in [7, 11) is 1.98. The Labute approximate surface area is 219 Å². The van der Waals surface area contributed by atoms with Crippen LogP contribution in [0.25, 0.3) is 0 Å². The number of rotatable bonds is 9. The lowest BCUT2D eigenvalue weighted by molar-refractivity contribution is -0.170. The van der Waals surface area contributed by atoms with Gasteiger partial charge in [-0.3, -0.25) is 14.4 Å². The van der Waals surface area contributed by atoms with Crippen molar-refractivity contribution in [3.8, 4) is 5.75 Å². The smallest absolute Gasteiger partial charge is 0.345 e. The summed E-state index contributed by atoms with van der Waals surface area (Å²) in [6, 6.07) is 3.62. The molecular formula is C27H31NO10. The number of carbonyl (C=O) groups excluding carboxylic acids is 3. The number of piperidine rings is 1. The Morgan fingerprint density at radius 2 is 1.95 bits per heavy atom. The summed E-state index contributed by atoms with van der Waals surface area (Å²) in [6.07, 6.45) is -0.585. The van der Waals surface area contributed by atoms with E-state index in [1.54, 1.807) is 6.08 Å². The highest BCUT2D eigenvalue weighted by molar-refractivity contribution is 5.86. The molecule has 4 aliphatic rings. The molecule has 0 aromatic heterocycles. The van der Waals surface area contributed by atoms with E-state index in [2.05, 4.69) is 4.90 Å². The fraction of sp³-hybridized carbons (Fsp3) is 0.556. The second-order valence-corrected chi connectivity index (χ2v) is 10.6. The van der Waals surface area contributed by atoms with Crippen molar-refractivity contribution in [2.24, 2.45) is 0 Å². The van der Waals surface area contributed by atoms with E-state index in [1.165, 1.54) is 6.92 Å². The zero-order valence-electron chi connectivity index (χ0n) is 21.3. The van der Waals surface area contributed by atoms with Gasteiger partial charge < -0.3 is 34.4 Å². The molecule has 2 bridgehead atoms. The predicted molar refractivity (Wildman–Crippen MR) is 129 cm³/mol. The summed E-state index contributed by atoms with van der Waals surface area (Å²) in [6.45, 7) is 1.65. The van der Waals surface area contributed by atoms with Gasteiger partial charge in [0.15, 0.2) is 6.10 Å². The van der Waals surface area contributed by atoms with Crippen molar-refractivity contribution in [1.82, 2.24) is 4.90 Å². The van der Waals surface area contributed by atoms with E-state index in [0.29, 0.717) is 30.7 Å². The highest BCUT2D eigenvalue weighted by Gasteiger charge is 2.71. The second kappa shape index (κ2) is 9.48. The molecule has 1 spiro atoms. The third-order valence-electron chi connectivity index (χ3n) is 8.41. The van der Waals surface area contributed by atoms with E-state index in [0.717, 1.165) is 11.1 Å². The molecule has 1 aromatic carbocycles. The van der Waals surface area contributed by atoms with Crippen molar-refractivity contribution in [3.63, 3.8) is 0 Å². The first-order valence-electron chi connectivity index (χ1n) is 12.7. The van der Waals surface area contributed by atoms with Crippen molar-refractivity contribution in [2.75, 3.05) is 13.6 Å². The third kappa shape index (κ3) is 3.91. The van der Waals surface area contributed by atoms with Crippen LogP contribution in [0.4, 0.5) is 0 Å². The van der Waals surface area contributed by atoms with Gasteiger partial charge in [0.1, 0.15) is 17.3 Å². The Morgan fingerprint density at radius 3 is 2.63 bits per heavy atom. The van der Waals surface area contributed by atoms with Crippen molar-refractivity contribution < 1.29 is 48.7 Å². The number of aliphatic hydroxyl groups is 2. The van der Waals surface area contributed by atoms with Crippen LogP contribution in [-0.4, -0.2) is 81.4 Å². The lowest BCUT2D eigenvalue weighted by Crippen LogP contribution is -2.74. The molecule has 1 fully saturated rings. The number of likely N-dealkylation sites (N-methyl/N-ethyl adjacent to an activating group) is 1. The number of ether oxygens (including phenoxy) is 3. The quantitative estimate of drug-likeness (QED) is 0.388. The third-order valence-corrected chi connectivity index (χ3v) is 8.41. The summed E-state index contributed by atoms with van der Waals surface area (Å²) in [5, 5.41) is 31.3. The number of hydrogen-bond acceptors (Lipinski definition) is 10. The maximum Gasteiger partial charge on any atom is 0.345 e. The molecule has 2 aliphatic heterocycles. The predicted octanol–water partition coefficient (Wildman–Crippen LogP) is 0.756. The summed E-state index contributed by atoms with van der Waals surface area (Å²) in [5.41, 5.74) is 0.479. The lowest BCUT2D eigenvalue weighted by Gasteiger charge is -2.61. The molecule has 5 atom stereocenters. The standard InChI is InChI=1S/C27H31NO10/c1-14(30)11-18(25(33)34)37-21(32)6-5-20(31)36-17-7-8-27(35)19-12-15-3-4-16(13-29)23-22(15)26(27,24(17)38-23)9-10-28(19)2/h3-4,7,18-19,24,29,35H,5-6,8-13H2,1-2H3,(H,33,34)/t18?,19-,24+,26+,27-/m1/s1. The minimum atomic E-state index is -1.61. The number of esters is 2. The molecule has 0 saturated carbocycles. The molecule has 5 rings (SSSR count). The van der Waals surface area contributed by atoms with Crippen LogP contribution in [0, 0.1) is 0 Å². The van der Waals surface area contributed by atoms with E-state index in [9.17, 15) is 29.4 Å². The van der Waals surface area contributed by atoms with Crippen LogP contribution >= 0.6 is 0 Å². The Kier molecular flexibility index (Phi) is 6.57. The van der Waals surface area contributed by atoms with Crippen molar-refractivity contribution >= 4 is 23.7 Å². The summed E-state index contributed by atoms with van der Waals surface area (Å²) in [5.74, 6) is -2.81. The summed E-state index contributed by atoms with van der Waals surface area (Å²) >= 11 is 0. The highest BCUT2D eigenvalue weighted by atomic mass is 16.6. The van der Waals surface area contributed by atoms with Crippen LogP contribution < -0.4 is 4.74 Å². The number of ketones is 1. The molecule has 38 heavy (non-hydrogen) atoms. The first-order chi connectivity index (χ1) is 18.0. The van der Waals surface area contributed by atoms with E-state index in [-0.39, 0.29) is 31.2 Å². The molecule has 1 aromatic rings. The van der Waals surface area contributed by atoms with Gasteiger partial charge in [0.05, 0.1) is 36.9 Å². The van der Waals surface area contributed by atoms with E-state index >= 15 is 0 Å². The van der Waals surface area contributed by atoms with Gasteiger partial charge >= 0.3 is 17.9 Å². The Hall–Kier alpha value is -3.28. The maximum absolute atomic E-state index is 12.8. The van der Waals surface area contributed by atoms with Crippen LogP contribution in [-0.2, 0) is 47.1 Å². The molecule has 2 heterocycles. The van der Waals surface area contributed by atoms with Gasteiger partial charge in [-0.1, -0.05) is 12.1 Å². The van der Waals surface area contributed by atoms with Gasteiger partial charge in [0, 0.05) is 23.6 Å². The summed E-state index contributed by atoms with van der Waals surface area (Å²) < 4.78 is 16.9. The van der Waals surface area contributed by atoms with Gasteiger partial charge in [-0.2, -0.15) is 0 Å². The van der Waals surface area contributed by atoms with E-state index in [4.69, 9.17) is 19.3 Å². The molecule has 11 nitrogen and oxygen atoms in total. The Balaban J connectivity index is 1.35. The number of carboxylic acid groups (broad SMARTS) is 1. The van der Waals surface area contributed by atoms with Gasteiger partial charge in [0.2, 0.25) is 6.10 Å². The molecule has 11 heteroatoms. The van der Waals surface area contributed by atoms with E-state index < -0.39 is 59.8 Å². The fourth-order valence-corrected chi connectivity index (χ4v) is 6.68. The normalized spacial score (nSPS) is 29.4. The number of aliphatic hydroxyl groups excluding tert-OH is 1. The molecule has 204 valence electrons. The Bertz CT molecular complexity index is 1240. The lowest BCUT2D eigenvalue weighted by atomic mass is 9.50. The van der Waals surface area contributed by atoms with Crippen LogP contribution in [0.3, 0.4) is 0 Å². The zero-order chi connectivity index (χ0) is 27.4. The van der Waals surface area contributed by atoms with E-state index in [1.807, 2.05) is 19.2 Å². The number of nitrogens with zero attached hydrogens (tertiary/aromatic N) is 1. The number of benzene rings is 1. The topological polar surface area (TPSA) is 160 Å². The molecular weight excluding hydrogens is 498 g/mol. The number of aliphatic carboxylic acids is 1. The Morgan fingerprint density at radius 1 is 1.21 bits per heavy atom. The van der Waals surface area contributed by atoms with Gasteiger partial charge in [0.25, 0.3) is 0 Å². The number of likely N-dealkylation sites (tertiary alicyclic amines) is 1. The molecule has 3 N–H and O–H groups in total. The number of carbonyl (C=O) groups is 4. The van der Waals surface area contributed by atoms with Gasteiger partial charge in [-0.05, 0) is 45.0 Å². The number of Topliss-reactive ketones (excluding diaryl/α,β-unsaturated/α-hetero) is 1.